The van der Waals surface area contributed by atoms with Gasteiger partial charge in [0.2, 0.25) is 0 Å². The molecule has 0 fully saturated rings. The number of carbonyl (C=O) groups excluding carboxylic acids is 1. The third kappa shape index (κ3) is 1.93. The Balaban J connectivity index is 3.53. The number of nitro benzene ring substituents is 1. The van der Waals surface area contributed by atoms with Crippen molar-refractivity contribution in [3.8, 4) is 0 Å². The molecule has 0 aliphatic rings. The van der Waals surface area contributed by atoms with Crippen molar-refractivity contribution in [1.29, 1.82) is 0 Å². The standard InChI is InChI=1S/C8H5BrClNO3/c1-4-6(9)3-2-5(8(10)12)7(4)11(13)14/h2-3H,1H3. The van der Waals surface area contributed by atoms with Crippen LogP contribution in [-0.2, 0) is 0 Å². The van der Waals surface area contributed by atoms with Crippen molar-refractivity contribution in [1.82, 2.24) is 0 Å². The highest BCUT2D eigenvalue weighted by Crippen LogP contribution is 2.30. The van der Waals surface area contributed by atoms with Crippen LogP contribution >= 0.6 is 27.5 Å². The van der Waals surface area contributed by atoms with Crippen LogP contribution in [0.5, 0.6) is 0 Å². The van der Waals surface area contributed by atoms with Gasteiger partial charge in [0.05, 0.1) is 4.92 Å². The lowest BCUT2D eigenvalue weighted by molar-refractivity contribution is -0.385. The van der Waals surface area contributed by atoms with E-state index in [1.165, 1.54) is 6.07 Å². The Hall–Kier alpha value is -0.940. The van der Waals surface area contributed by atoms with Gasteiger partial charge < -0.3 is 0 Å². The zero-order valence-electron chi connectivity index (χ0n) is 7.08. The second kappa shape index (κ2) is 4.06. The number of benzene rings is 1. The summed E-state index contributed by atoms with van der Waals surface area (Å²) >= 11 is 8.36. The summed E-state index contributed by atoms with van der Waals surface area (Å²) in [7, 11) is 0. The van der Waals surface area contributed by atoms with Crippen LogP contribution in [0.25, 0.3) is 0 Å². The quantitative estimate of drug-likeness (QED) is 0.474. The van der Waals surface area contributed by atoms with E-state index in [-0.39, 0.29) is 11.3 Å². The molecule has 0 atom stereocenters. The number of hydrogen-bond donors (Lipinski definition) is 0. The van der Waals surface area contributed by atoms with E-state index in [0.29, 0.717) is 10.0 Å². The maximum absolute atomic E-state index is 10.9. The minimum atomic E-state index is -0.827. The molecule has 6 heteroatoms. The van der Waals surface area contributed by atoms with Crippen LogP contribution in [0.15, 0.2) is 16.6 Å². The first-order chi connectivity index (χ1) is 6.45. The summed E-state index contributed by atoms with van der Waals surface area (Å²) in [5.41, 5.74) is 0.0539. The SMILES string of the molecule is Cc1c(Br)ccc(C(=O)Cl)c1[N+](=O)[O-]. The van der Waals surface area contributed by atoms with Crippen molar-refractivity contribution >= 4 is 38.5 Å². The monoisotopic (exact) mass is 277 g/mol. The van der Waals surface area contributed by atoms with Crippen LogP contribution in [0, 0.1) is 17.0 Å². The van der Waals surface area contributed by atoms with Gasteiger partial charge in [-0.2, -0.15) is 0 Å². The van der Waals surface area contributed by atoms with Crippen molar-refractivity contribution in [3.63, 3.8) is 0 Å². The molecule has 0 saturated carbocycles. The van der Waals surface area contributed by atoms with Crippen LogP contribution in [0.3, 0.4) is 0 Å². The molecule has 1 rings (SSSR count). The maximum Gasteiger partial charge on any atom is 0.285 e. The maximum atomic E-state index is 10.9. The Morgan fingerprint density at radius 1 is 1.57 bits per heavy atom. The van der Waals surface area contributed by atoms with Crippen LogP contribution in [-0.4, -0.2) is 10.2 Å². The molecule has 0 aliphatic heterocycles. The van der Waals surface area contributed by atoms with Gasteiger partial charge in [-0.25, -0.2) is 0 Å². The van der Waals surface area contributed by atoms with Gasteiger partial charge in [-0.05, 0) is 30.7 Å². The van der Waals surface area contributed by atoms with Crippen LogP contribution < -0.4 is 0 Å². The number of hydrogen-bond acceptors (Lipinski definition) is 3. The molecular weight excluding hydrogens is 273 g/mol. The average Bonchev–Trinajstić information content (AvgIpc) is 2.08. The Morgan fingerprint density at radius 3 is 2.57 bits per heavy atom. The first-order valence-electron chi connectivity index (χ1n) is 3.58. The van der Waals surface area contributed by atoms with E-state index in [2.05, 4.69) is 15.9 Å². The highest BCUT2D eigenvalue weighted by molar-refractivity contribution is 9.10. The third-order valence-corrected chi connectivity index (χ3v) is 2.82. The number of rotatable bonds is 2. The summed E-state index contributed by atoms with van der Waals surface area (Å²) in [6.07, 6.45) is 0. The number of nitro groups is 1. The Morgan fingerprint density at radius 2 is 2.14 bits per heavy atom. The van der Waals surface area contributed by atoms with Gasteiger partial charge in [0, 0.05) is 10.0 Å². The van der Waals surface area contributed by atoms with Gasteiger partial charge in [-0.1, -0.05) is 15.9 Å². The minimum Gasteiger partial charge on any atom is -0.275 e. The van der Waals surface area contributed by atoms with Crippen molar-refractivity contribution in [2.75, 3.05) is 0 Å². The molecule has 0 aromatic heterocycles. The number of nitrogens with zero attached hydrogens (tertiary/aromatic N) is 1. The summed E-state index contributed by atoms with van der Waals surface area (Å²) in [5.74, 6) is 0. The lowest BCUT2D eigenvalue weighted by Crippen LogP contribution is -2.01. The first-order valence-corrected chi connectivity index (χ1v) is 4.75. The molecule has 14 heavy (non-hydrogen) atoms. The molecule has 0 amide bonds. The summed E-state index contributed by atoms with van der Waals surface area (Å²) in [6.45, 7) is 1.55. The van der Waals surface area contributed by atoms with E-state index in [9.17, 15) is 14.9 Å². The molecule has 1 aromatic rings. The van der Waals surface area contributed by atoms with E-state index in [4.69, 9.17) is 11.6 Å². The highest BCUT2D eigenvalue weighted by atomic mass is 79.9. The topological polar surface area (TPSA) is 60.2 Å². The van der Waals surface area contributed by atoms with Crippen molar-refractivity contribution in [2.24, 2.45) is 0 Å². The molecule has 0 heterocycles. The Labute approximate surface area is 93.1 Å². The molecule has 0 N–H and O–H groups in total. The van der Waals surface area contributed by atoms with E-state index >= 15 is 0 Å². The molecule has 0 saturated heterocycles. The van der Waals surface area contributed by atoms with Crippen LogP contribution in [0.1, 0.15) is 15.9 Å². The molecule has 74 valence electrons. The molecule has 0 spiro atoms. The Bertz CT molecular complexity index is 419. The number of halogens is 2. The molecule has 0 radical (unpaired) electrons. The average molecular weight is 278 g/mol. The van der Waals surface area contributed by atoms with Gasteiger partial charge in [-0.3, -0.25) is 14.9 Å². The summed E-state index contributed by atoms with van der Waals surface area (Å²) in [6, 6.07) is 2.88. The van der Waals surface area contributed by atoms with Crippen molar-refractivity contribution in [2.45, 2.75) is 6.92 Å². The highest BCUT2D eigenvalue weighted by Gasteiger charge is 2.22. The molecule has 0 unspecified atom stereocenters. The van der Waals surface area contributed by atoms with Gasteiger partial charge in [-0.15, -0.1) is 0 Å². The molecule has 0 aliphatic carbocycles. The predicted molar refractivity (Wildman–Crippen MR) is 55.7 cm³/mol. The first kappa shape index (κ1) is 11.1. The fourth-order valence-electron chi connectivity index (χ4n) is 1.07. The van der Waals surface area contributed by atoms with Gasteiger partial charge in [0.1, 0.15) is 5.56 Å². The molecule has 1 aromatic carbocycles. The van der Waals surface area contributed by atoms with Crippen molar-refractivity contribution < 1.29 is 9.72 Å². The molecular formula is C8H5BrClNO3. The largest absolute Gasteiger partial charge is 0.285 e. The summed E-state index contributed by atoms with van der Waals surface area (Å²) in [4.78, 5) is 20.9. The molecule has 4 nitrogen and oxygen atoms in total. The number of carbonyl (C=O) groups is 1. The van der Waals surface area contributed by atoms with E-state index < -0.39 is 10.2 Å². The lowest BCUT2D eigenvalue weighted by atomic mass is 10.1. The van der Waals surface area contributed by atoms with Crippen molar-refractivity contribution in [3.05, 3.63) is 37.8 Å². The lowest BCUT2D eigenvalue weighted by Gasteiger charge is -2.02. The molecule has 0 bridgehead atoms. The van der Waals surface area contributed by atoms with Crippen LogP contribution in [0.4, 0.5) is 5.69 Å². The fraction of sp³-hybridized carbons (Fsp3) is 0.125. The summed E-state index contributed by atoms with van der Waals surface area (Å²) in [5, 5.41) is 9.85. The second-order valence-electron chi connectivity index (χ2n) is 2.60. The third-order valence-electron chi connectivity index (χ3n) is 1.76. The Kier molecular flexibility index (Phi) is 3.23. The smallest absolute Gasteiger partial charge is 0.275 e. The van der Waals surface area contributed by atoms with E-state index in [1.807, 2.05) is 0 Å². The van der Waals surface area contributed by atoms with E-state index in [1.54, 1.807) is 13.0 Å². The van der Waals surface area contributed by atoms with E-state index in [0.717, 1.165) is 0 Å². The predicted octanol–water partition coefficient (Wildman–Crippen LogP) is 3.04. The fourth-order valence-corrected chi connectivity index (χ4v) is 1.54. The second-order valence-corrected chi connectivity index (χ2v) is 3.80. The van der Waals surface area contributed by atoms with Crippen LogP contribution in [0.2, 0.25) is 0 Å². The normalized spacial score (nSPS) is 9.93. The zero-order valence-corrected chi connectivity index (χ0v) is 9.42. The van der Waals surface area contributed by atoms with Gasteiger partial charge >= 0.3 is 0 Å². The zero-order chi connectivity index (χ0) is 10.9. The van der Waals surface area contributed by atoms with Gasteiger partial charge in [0.25, 0.3) is 10.9 Å². The summed E-state index contributed by atoms with van der Waals surface area (Å²) < 4.78 is 0.575. The van der Waals surface area contributed by atoms with Gasteiger partial charge in [0.15, 0.2) is 0 Å². The minimum absolute atomic E-state index is 0.0858.